The van der Waals surface area contributed by atoms with Crippen LogP contribution in [-0.2, 0) is 28.2 Å². The van der Waals surface area contributed by atoms with E-state index in [1.165, 1.54) is 0 Å². The maximum absolute atomic E-state index is 14.2. The molecule has 0 fully saturated rings. The highest BCUT2D eigenvalue weighted by atomic mass is 16.3. The number of amides is 2. The number of nitrogens with one attached hydrogen (secondary N) is 2. The summed E-state index contributed by atoms with van der Waals surface area (Å²) < 4.78 is 1.73. The number of aromatic nitrogens is 4. The van der Waals surface area contributed by atoms with Gasteiger partial charge in [-0.3, -0.25) is 19.2 Å². The monoisotopic (exact) mass is 666 g/mol. The van der Waals surface area contributed by atoms with Gasteiger partial charge >= 0.3 is 0 Å². The molecule has 0 spiro atoms. The molecule has 0 bridgehead atoms. The second kappa shape index (κ2) is 13.9. The van der Waals surface area contributed by atoms with Gasteiger partial charge < -0.3 is 20.5 Å². The zero-order valence-electron chi connectivity index (χ0n) is 27.6. The molecule has 1 aliphatic rings. The van der Waals surface area contributed by atoms with Crippen molar-refractivity contribution in [3.8, 4) is 0 Å². The van der Waals surface area contributed by atoms with Crippen molar-refractivity contribution in [1.82, 2.24) is 20.0 Å². The molecule has 50 heavy (non-hydrogen) atoms. The minimum absolute atomic E-state index is 0.0797. The Morgan fingerprint density at radius 3 is 2.52 bits per heavy atom. The Labute approximate surface area is 289 Å². The molecular formula is C40H38N6O4. The third-order valence-corrected chi connectivity index (χ3v) is 9.41. The van der Waals surface area contributed by atoms with Crippen molar-refractivity contribution in [2.24, 2.45) is 5.92 Å². The Bertz CT molecular complexity index is 2160. The van der Waals surface area contributed by atoms with E-state index in [0.29, 0.717) is 41.3 Å². The number of fused-ring (bicyclic) bond motifs is 2. The van der Waals surface area contributed by atoms with Crippen LogP contribution in [0.1, 0.15) is 41.6 Å². The lowest BCUT2D eigenvalue weighted by Crippen LogP contribution is -2.42. The molecule has 0 radical (unpaired) electrons. The van der Waals surface area contributed by atoms with E-state index in [9.17, 15) is 19.8 Å². The molecule has 252 valence electrons. The van der Waals surface area contributed by atoms with Gasteiger partial charge in [-0.05, 0) is 53.9 Å². The zero-order chi connectivity index (χ0) is 34.7. The van der Waals surface area contributed by atoms with Crippen LogP contribution in [0.5, 0.6) is 0 Å². The third kappa shape index (κ3) is 6.22. The lowest BCUT2D eigenvalue weighted by Gasteiger charge is -2.27. The highest BCUT2D eigenvalue weighted by Crippen LogP contribution is 2.49. The molecule has 0 saturated carbocycles. The number of aliphatic hydroxyl groups is 2. The molecule has 1 unspecified atom stereocenters. The van der Waals surface area contributed by atoms with E-state index in [1.807, 2.05) is 116 Å². The largest absolute Gasteiger partial charge is 0.395 e. The lowest BCUT2D eigenvalue weighted by molar-refractivity contribution is -0.138. The van der Waals surface area contributed by atoms with E-state index < -0.39 is 17.4 Å². The Morgan fingerprint density at radius 2 is 1.74 bits per heavy atom. The number of H-pyrrole nitrogens is 1. The van der Waals surface area contributed by atoms with Crippen LogP contribution >= 0.6 is 0 Å². The van der Waals surface area contributed by atoms with E-state index in [4.69, 9.17) is 0 Å². The molecular weight excluding hydrogens is 628 g/mol. The quantitative estimate of drug-likeness (QED) is 0.115. The lowest BCUT2D eigenvalue weighted by atomic mass is 9.82. The molecule has 0 aliphatic carbocycles. The molecule has 2 aromatic heterocycles. The zero-order valence-corrected chi connectivity index (χ0v) is 27.6. The average molecular weight is 667 g/mol. The standard InChI is InChI=1S/C40H38N6O4/c1-27(12-10-11-21-45-25-36(43-44-45)33(26-47)28-13-4-2-5-14-28)40(50)34-23-30(19-20-37(34)46(39(40)49)31-15-6-3-7-16-31)42-38(48)22-29-24-41-35-18-9-8-17-32(29)35/h2-10,12-20,23-25,27,33,41,47,50H,11,21-22,26H2,1H3,(H,42,48)/b12-10+/t27-,33?,40+/m0/s1. The summed E-state index contributed by atoms with van der Waals surface area (Å²) in [5.41, 5.74) is 3.72. The van der Waals surface area contributed by atoms with Gasteiger partial charge in [-0.2, -0.15) is 0 Å². The van der Waals surface area contributed by atoms with Gasteiger partial charge in [0, 0.05) is 52.7 Å². The third-order valence-electron chi connectivity index (χ3n) is 9.41. The second-order valence-corrected chi connectivity index (χ2v) is 12.6. The molecule has 3 atom stereocenters. The van der Waals surface area contributed by atoms with Crippen molar-refractivity contribution < 1.29 is 19.8 Å². The van der Waals surface area contributed by atoms with E-state index >= 15 is 0 Å². The van der Waals surface area contributed by atoms with Crippen molar-refractivity contribution in [1.29, 1.82) is 0 Å². The van der Waals surface area contributed by atoms with Crippen LogP contribution in [0.3, 0.4) is 0 Å². The van der Waals surface area contributed by atoms with Gasteiger partial charge in [0.05, 0.1) is 30.3 Å². The molecule has 10 nitrogen and oxygen atoms in total. The fraction of sp³-hybridized carbons (Fsp3) is 0.200. The van der Waals surface area contributed by atoms with E-state index in [1.54, 1.807) is 27.8 Å². The first-order valence-corrected chi connectivity index (χ1v) is 16.7. The van der Waals surface area contributed by atoms with Crippen LogP contribution in [0.4, 0.5) is 17.1 Å². The summed E-state index contributed by atoms with van der Waals surface area (Å²) in [6.45, 7) is 2.26. The maximum atomic E-state index is 14.2. The molecule has 7 rings (SSSR count). The first-order valence-electron chi connectivity index (χ1n) is 16.7. The number of carbonyl (C=O) groups excluding carboxylic acids is 2. The maximum Gasteiger partial charge on any atom is 0.268 e. The van der Waals surface area contributed by atoms with Crippen LogP contribution in [-0.4, -0.2) is 48.6 Å². The number of nitrogens with zero attached hydrogens (tertiary/aromatic N) is 4. The number of aromatic amines is 1. The number of anilines is 3. The molecule has 0 saturated heterocycles. The predicted molar refractivity (Wildman–Crippen MR) is 193 cm³/mol. The average Bonchev–Trinajstić information content (AvgIpc) is 3.84. The minimum Gasteiger partial charge on any atom is -0.395 e. The van der Waals surface area contributed by atoms with Crippen LogP contribution in [0.15, 0.2) is 128 Å². The molecule has 4 aromatic carbocycles. The van der Waals surface area contributed by atoms with Gasteiger partial charge in [0.25, 0.3) is 5.91 Å². The van der Waals surface area contributed by atoms with Crippen molar-refractivity contribution >= 4 is 39.8 Å². The molecule has 4 N–H and O–H groups in total. The van der Waals surface area contributed by atoms with Crippen LogP contribution in [0, 0.1) is 5.92 Å². The smallest absolute Gasteiger partial charge is 0.268 e. The Morgan fingerprint density at radius 1 is 1.00 bits per heavy atom. The molecule has 2 amide bonds. The van der Waals surface area contributed by atoms with E-state index in [-0.39, 0.29) is 24.9 Å². The number of aliphatic hydroxyl groups excluding tert-OH is 1. The fourth-order valence-electron chi connectivity index (χ4n) is 6.72. The number of allylic oxidation sites excluding steroid dienone is 1. The van der Waals surface area contributed by atoms with E-state index in [0.717, 1.165) is 22.0 Å². The van der Waals surface area contributed by atoms with Crippen molar-refractivity contribution in [3.05, 3.63) is 150 Å². The van der Waals surface area contributed by atoms with Gasteiger partial charge in [-0.1, -0.05) is 91.0 Å². The highest BCUT2D eigenvalue weighted by Gasteiger charge is 2.53. The minimum atomic E-state index is -1.89. The second-order valence-electron chi connectivity index (χ2n) is 12.6. The summed E-state index contributed by atoms with van der Waals surface area (Å²) in [5, 5.41) is 34.8. The summed E-state index contributed by atoms with van der Waals surface area (Å²) >= 11 is 0. The number of para-hydroxylation sites is 2. The number of benzene rings is 4. The first kappa shape index (κ1) is 32.7. The van der Waals surface area contributed by atoms with E-state index in [2.05, 4.69) is 20.6 Å². The van der Waals surface area contributed by atoms with Crippen LogP contribution in [0.25, 0.3) is 10.9 Å². The molecule has 10 heteroatoms. The van der Waals surface area contributed by atoms with Gasteiger partial charge in [0.15, 0.2) is 5.60 Å². The summed E-state index contributed by atoms with van der Waals surface area (Å²) in [6.07, 6.45) is 8.19. The summed E-state index contributed by atoms with van der Waals surface area (Å²) in [7, 11) is 0. The summed E-state index contributed by atoms with van der Waals surface area (Å²) in [4.78, 5) is 32.1. The molecule has 3 heterocycles. The van der Waals surface area contributed by atoms with Gasteiger partial charge in [0.1, 0.15) is 0 Å². The van der Waals surface area contributed by atoms with Gasteiger partial charge in [0.2, 0.25) is 5.91 Å². The molecule has 1 aliphatic heterocycles. The SMILES string of the molecule is C[C@@H](/C=C/CCn1cc(C(CO)c2ccccc2)nn1)[C@]1(O)C(=O)N(c2ccccc2)c2ccc(NC(=O)Cc3c[nH]c4ccccc34)cc21. The fourth-order valence-corrected chi connectivity index (χ4v) is 6.72. The number of aryl methyl sites for hydroxylation is 1. The van der Waals surface area contributed by atoms with Crippen molar-refractivity contribution in [3.63, 3.8) is 0 Å². The highest BCUT2D eigenvalue weighted by molar-refractivity contribution is 6.12. The topological polar surface area (TPSA) is 136 Å². The van der Waals surface area contributed by atoms with Crippen LogP contribution in [0.2, 0.25) is 0 Å². The van der Waals surface area contributed by atoms with Gasteiger partial charge in [-0.25, -0.2) is 0 Å². The van der Waals surface area contributed by atoms with Gasteiger partial charge in [-0.15, -0.1) is 5.10 Å². The van der Waals surface area contributed by atoms with Crippen LogP contribution < -0.4 is 10.2 Å². The number of carbonyl (C=O) groups is 2. The number of hydrogen-bond donors (Lipinski definition) is 4. The summed E-state index contributed by atoms with van der Waals surface area (Å²) in [5.74, 6) is -1.54. The number of rotatable bonds is 12. The first-order chi connectivity index (χ1) is 24.4. The number of hydrogen-bond acceptors (Lipinski definition) is 6. The van der Waals surface area contributed by atoms with Crippen molar-refractivity contribution in [2.75, 3.05) is 16.8 Å². The van der Waals surface area contributed by atoms with Crippen molar-refractivity contribution in [2.45, 2.75) is 37.8 Å². The predicted octanol–water partition coefficient (Wildman–Crippen LogP) is 6.21. The Kier molecular flexibility index (Phi) is 9.12. The summed E-state index contributed by atoms with van der Waals surface area (Å²) in [6, 6.07) is 32.0. The normalized spacial score (nSPS) is 16.9. The Balaban J connectivity index is 1.09. The Hall–Kier alpha value is -5.84. The molecule has 6 aromatic rings.